The molecule has 1 saturated carbocycles. The normalized spacial score (nSPS) is 28.5. The number of hydrogen-bond acceptors (Lipinski definition) is 4. The fourth-order valence-corrected chi connectivity index (χ4v) is 5.62. The van der Waals surface area contributed by atoms with E-state index < -0.39 is 0 Å². The van der Waals surface area contributed by atoms with Gasteiger partial charge in [0, 0.05) is 50.3 Å². The summed E-state index contributed by atoms with van der Waals surface area (Å²) in [6.45, 7) is 6.00. The second-order valence-corrected chi connectivity index (χ2v) is 8.76. The van der Waals surface area contributed by atoms with E-state index in [1.165, 1.54) is 37.9 Å². The van der Waals surface area contributed by atoms with Crippen LogP contribution in [0.5, 0.6) is 0 Å². The molecule has 1 N–H and O–H groups in total. The molecule has 7 heteroatoms. The molecule has 1 spiro atoms. The zero-order chi connectivity index (χ0) is 16.1. The summed E-state index contributed by atoms with van der Waals surface area (Å²) in [7, 11) is 4.07. The summed E-state index contributed by atoms with van der Waals surface area (Å²) in [5.41, 5.74) is 0. The number of aliphatic imine (C=N–C) groups is 1. The van der Waals surface area contributed by atoms with E-state index >= 15 is 0 Å². The van der Waals surface area contributed by atoms with Crippen molar-refractivity contribution in [3.63, 3.8) is 0 Å². The third-order valence-electron chi connectivity index (χ3n) is 5.35. The van der Waals surface area contributed by atoms with Crippen LogP contribution >= 0.6 is 35.7 Å². The highest BCUT2D eigenvalue weighted by Gasteiger charge is 2.38. The second kappa shape index (κ2) is 9.83. The van der Waals surface area contributed by atoms with Gasteiger partial charge >= 0.3 is 0 Å². The molecule has 0 bridgehead atoms. The molecule has 3 aliphatic rings. The van der Waals surface area contributed by atoms with Crippen molar-refractivity contribution < 1.29 is 4.74 Å². The predicted octanol–water partition coefficient (Wildman–Crippen LogP) is 2.26. The van der Waals surface area contributed by atoms with Crippen molar-refractivity contribution >= 4 is 41.7 Å². The maximum Gasteiger partial charge on any atom is 0.193 e. The van der Waals surface area contributed by atoms with Crippen LogP contribution in [0, 0.1) is 0 Å². The minimum atomic E-state index is 0. The number of morpholine rings is 1. The van der Waals surface area contributed by atoms with Gasteiger partial charge in [-0.1, -0.05) is 19.3 Å². The minimum Gasteiger partial charge on any atom is -0.374 e. The van der Waals surface area contributed by atoms with Crippen LogP contribution in [0.25, 0.3) is 0 Å². The van der Waals surface area contributed by atoms with Gasteiger partial charge in [0.1, 0.15) is 0 Å². The first-order valence-electron chi connectivity index (χ1n) is 9.10. The van der Waals surface area contributed by atoms with Gasteiger partial charge in [0.15, 0.2) is 5.96 Å². The molecule has 3 rings (SSSR count). The largest absolute Gasteiger partial charge is 0.374 e. The van der Waals surface area contributed by atoms with Crippen molar-refractivity contribution in [1.82, 2.24) is 15.1 Å². The van der Waals surface area contributed by atoms with E-state index in [1.54, 1.807) is 0 Å². The van der Waals surface area contributed by atoms with Crippen LogP contribution in [0.15, 0.2) is 4.99 Å². The maximum atomic E-state index is 5.86. The van der Waals surface area contributed by atoms with E-state index in [-0.39, 0.29) is 30.1 Å². The topological polar surface area (TPSA) is 40.1 Å². The average Bonchev–Trinajstić information content (AvgIpc) is 2.56. The van der Waals surface area contributed by atoms with Gasteiger partial charge in [0.05, 0.1) is 12.7 Å². The molecular formula is C17H33IN4OS. The Hall–Kier alpha value is 0.270. The standard InChI is InChI=1S/C17H32N4OS.HI/c1-18-16(19-12-15-13-20(2)8-10-22-15)21-9-11-23-17(14-21)6-4-3-5-7-17;/h15H,3-14H2,1-2H3,(H,18,19);1H. The van der Waals surface area contributed by atoms with Crippen LogP contribution in [-0.2, 0) is 4.74 Å². The van der Waals surface area contributed by atoms with Crippen LogP contribution in [0.1, 0.15) is 32.1 Å². The molecule has 24 heavy (non-hydrogen) atoms. The number of rotatable bonds is 2. The molecule has 3 fully saturated rings. The summed E-state index contributed by atoms with van der Waals surface area (Å²) in [6, 6.07) is 0. The monoisotopic (exact) mass is 468 g/mol. The molecule has 1 unspecified atom stereocenters. The summed E-state index contributed by atoms with van der Waals surface area (Å²) < 4.78 is 6.34. The fourth-order valence-electron chi connectivity index (χ4n) is 4.05. The summed E-state index contributed by atoms with van der Waals surface area (Å²) in [5, 5.41) is 3.57. The first kappa shape index (κ1) is 20.6. The Kier molecular flexibility index (Phi) is 8.43. The van der Waals surface area contributed by atoms with Gasteiger partial charge in [-0.2, -0.15) is 11.8 Å². The molecule has 140 valence electrons. The van der Waals surface area contributed by atoms with E-state index in [2.05, 4.69) is 38.9 Å². The van der Waals surface area contributed by atoms with Crippen molar-refractivity contribution in [2.45, 2.75) is 43.0 Å². The lowest BCUT2D eigenvalue weighted by molar-refractivity contribution is -0.0163. The van der Waals surface area contributed by atoms with Crippen molar-refractivity contribution in [2.24, 2.45) is 4.99 Å². The number of halogens is 1. The fraction of sp³-hybridized carbons (Fsp3) is 0.941. The first-order valence-corrected chi connectivity index (χ1v) is 10.1. The minimum absolute atomic E-state index is 0. The van der Waals surface area contributed by atoms with Crippen LogP contribution in [0.3, 0.4) is 0 Å². The molecule has 0 aromatic carbocycles. The lowest BCUT2D eigenvalue weighted by Gasteiger charge is -2.45. The number of ether oxygens (including phenoxy) is 1. The average molecular weight is 468 g/mol. The van der Waals surface area contributed by atoms with Crippen molar-refractivity contribution in [3.05, 3.63) is 0 Å². The van der Waals surface area contributed by atoms with E-state index in [1.807, 2.05) is 7.05 Å². The zero-order valence-electron chi connectivity index (χ0n) is 15.1. The van der Waals surface area contributed by atoms with Gasteiger partial charge in [0.25, 0.3) is 0 Å². The third kappa shape index (κ3) is 5.38. The summed E-state index contributed by atoms with van der Waals surface area (Å²) in [6.07, 6.45) is 7.24. The molecule has 2 heterocycles. The van der Waals surface area contributed by atoms with Crippen molar-refractivity contribution in [2.75, 3.05) is 59.2 Å². The van der Waals surface area contributed by atoms with Crippen LogP contribution in [0.2, 0.25) is 0 Å². The van der Waals surface area contributed by atoms with Gasteiger partial charge < -0.3 is 19.9 Å². The molecule has 0 radical (unpaired) electrons. The highest BCUT2D eigenvalue weighted by molar-refractivity contribution is 14.0. The lowest BCUT2D eigenvalue weighted by atomic mass is 9.87. The lowest BCUT2D eigenvalue weighted by Crippen LogP contribution is -2.55. The highest BCUT2D eigenvalue weighted by atomic mass is 127. The molecule has 5 nitrogen and oxygen atoms in total. The molecule has 2 saturated heterocycles. The SMILES string of the molecule is CN=C(NCC1CN(C)CCO1)N1CCSC2(CCCCC2)C1.I. The van der Waals surface area contributed by atoms with Crippen LogP contribution < -0.4 is 5.32 Å². The van der Waals surface area contributed by atoms with E-state index in [0.717, 1.165) is 45.3 Å². The van der Waals surface area contributed by atoms with E-state index in [4.69, 9.17) is 4.74 Å². The molecular weight excluding hydrogens is 435 g/mol. The number of likely N-dealkylation sites (N-methyl/N-ethyl adjacent to an activating group) is 1. The van der Waals surface area contributed by atoms with Gasteiger partial charge in [-0.05, 0) is 19.9 Å². The Morgan fingerprint density at radius 1 is 1.29 bits per heavy atom. The Bertz CT molecular complexity index is 412. The number of hydrogen-bond donors (Lipinski definition) is 1. The Labute approximate surface area is 168 Å². The number of nitrogens with one attached hydrogen (secondary N) is 1. The Morgan fingerprint density at radius 2 is 2.08 bits per heavy atom. The number of nitrogens with zero attached hydrogens (tertiary/aromatic N) is 3. The molecule has 0 aromatic rings. The van der Waals surface area contributed by atoms with Crippen LogP contribution in [0.4, 0.5) is 0 Å². The summed E-state index contributed by atoms with van der Waals surface area (Å²) in [4.78, 5) is 9.37. The highest BCUT2D eigenvalue weighted by Crippen LogP contribution is 2.42. The first-order chi connectivity index (χ1) is 11.2. The molecule has 1 aliphatic carbocycles. The van der Waals surface area contributed by atoms with Gasteiger partial charge in [-0.3, -0.25) is 4.99 Å². The zero-order valence-corrected chi connectivity index (χ0v) is 18.3. The maximum absolute atomic E-state index is 5.86. The summed E-state index contributed by atoms with van der Waals surface area (Å²) >= 11 is 2.21. The van der Waals surface area contributed by atoms with E-state index in [9.17, 15) is 0 Å². The predicted molar refractivity (Wildman–Crippen MR) is 114 cm³/mol. The van der Waals surface area contributed by atoms with Gasteiger partial charge in [-0.25, -0.2) is 0 Å². The van der Waals surface area contributed by atoms with E-state index in [0.29, 0.717) is 4.75 Å². The van der Waals surface area contributed by atoms with Crippen molar-refractivity contribution in [3.8, 4) is 0 Å². The van der Waals surface area contributed by atoms with Crippen LogP contribution in [-0.4, -0.2) is 85.8 Å². The number of thioether (sulfide) groups is 1. The molecule has 0 aromatic heterocycles. The molecule has 2 aliphatic heterocycles. The Balaban J connectivity index is 0.00000208. The second-order valence-electron chi connectivity index (χ2n) is 7.20. The molecule has 0 amide bonds. The quantitative estimate of drug-likeness (QED) is 0.383. The molecule has 1 atom stereocenters. The summed E-state index contributed by atoms with van der Waals surface area (Å²) in [5.74, 6) is 2.29. The Morgan fingerprint density at radius 3 is 2.79 bits per heavy atom. The van der Waals surface area contributed by atoms with Gasteiger partial charge in [-0.15, -0.1) is 24.0 Å². The smallest absolute Gasteiger partial charge is 0.193 e. The van der Waals surface area contributed by atoms with Gasteiger partial charge in [0.2, 0.25) is 0 Å². The van der Waals surface area contributed by atoms with Crippen molar-refractivity contribution in [1.29, 1.82) is 0 Å². The number of guanidine groups is 1. The third-order valence-corrected chi connectivity index (χ3v) is 6.89.